The Morgan fingerprint density at radius 1 is 1.00 bits per heavy atom. The van der Waals surface area contributed by atoms with Gasteiger partial charge in [-0.25, -0.2) is 9.79 Å². The van der Waals surface area contributed by atoms with E-state index in [0.29, 0.717) is 28.2 Å². The number of carbonyl (C=O) groups excluding carboxylic acids is 2. The van der Waals surface area contributed by atoms with Crippen molar-refractivity contribution in [3.8, 4) is 0 Å². The van der Waals surface area contributed by atoms with Gasteiger partial charge in [-0.3, -0.25) is 14.2 Å². The van der Waals surface area contributed by atoms with Crippen molar-refractivity contribution in [2.24, 2.45) is 4.99 Å². The summed E-state index contributed by atoms with van der Waals surface area (Å²) in [5, 5.41) is 0. The fraction of sp³-hybridized carbons (Fsp3) is 0.125. The maximum Gasteiger partial charge on any atom is 0.338 e. The molecular weight excluding hydrogens is 522 g/mol. The number of benzene rings is 3. The molecule has 40 heavy (non-hydrogen) atoms. The van der Waals surface area contributed by atoms with Gasteiger partial charge in [0, 0.05) is 17.7 Å². The average molecular weight is 548 g/mol. The van der Waals surface area contributed by atoms with Crippen molar-refractivity contribution in [3.63, 3.8) is 0 Å². The van der Waals surface area contributed by atoms with E-state index >= 15 is 0 Å². The molecule has 3 heterocycles. The number of carbonyl (C=O) groups is 2. The molecule has 0 bridgehead atoms. The van der Waals surface area contributed by atoms with Crippen LogP contribution in [-0.2, 0) is 14.3 Å². The van der Waals surface area contributed by atoms with Gasteiger partial charge in [0.25, 0.3) is 11.5 Å². The minimum atomic E-state index is -0.794. The van der Waals surface area contributed by atoms with Crippen molar-refractivity contribution in [2.45, 2.75) is 13.0 Å². The molecule has 4 aromatic rings. The lowest BCUT2D eigenvalue weighted by Gasteiger charge is -2.25. The molecule has 0 N–H and O–H groups in total. The topological polar surface area (TPSA) is 81.0 Å². The van der Waals surface area contributed by atoms with Gasteiger partial charge in [0.2, 0.25) is 0 Å². The number of thiazole rings is 1. The summed E-state index contributed by atoms with van der Waals surface area (Å²) < 4.78 is 7.31. The zero-order valence-corrected chi connectivity index (χ0v) is 22.6. The molecule has 1 aromatic heterocycles. The van der Waals surface area contributed by atoms with Gasteiger partial charge in [0.1, 0.15) is 4.53 Å². The molecule has 8 heteroatoms. The van der Waals surface area contributed by atoms with E-state index < -0.39 is 12.0 Å². The third kappa shape index (κ3) is 4.04. The SMILES string of the molecule is C=CCN1C(=O)/C(=c2/sc3n(c2=O)[C@@H](c2ccccc2)C(C(=O)OCC)=C(c2ccccc2)N=3)c2ccccc21. The Labute approximate surface area is 234 Å². The van der Waals surface area contributed by atoms with Crippen LogP contribution in [0.3, 0.4) is 0 Å². The van der Waals surface area contributed by atoms with Crippen LogP contribution in [0.2, 0.25) is 0 Å². The van der Waals surface area contributed by atoms with Gasteiger partial charge in [-0.1, -0.05) is 96.3 Å². The van der Waals surface area contributed by atoms with Crippen molar-refractivity contribution in [3.05, 3.63) is 140 Å². The molecule has 0 aliphatic carbocycles. The molecule has 0 saturated heterocycles. The molecule has 0 fully saturated rings. The summed E-state index contributed by atoms with van der Waals surface area (Å²) in [4.78, 5) is 48.4. The largest absolute Gasteiger partial charge is 0.463 e. The highest BCUT2D eigenvalue weighted by molar-refractivity contribution is 7.07. The van der Waals surface area contributed by atoms with Crippen molar-refractivity contribution in [1.29, 1.82) is 0 Å². The molecule has 2 aliphatic heterocycles. The normalized spacial score (nSPS) is 17.3. The predicted molar refractivity (Wildman–Crippen MR) is 155 cm³/mol. The summed E-state index contributed by atoms with van der Waals surface area (Å²) in [5.41, 5.74) is 3.53. The molecule has 7 nitrogen and oxygen atoms in total. The summed E-state index contributed by atoms with van der Waals surface area (Å²) in [7, 11) is 0. The van der Waals surface area contributed by atoms with Crippen LogP contribution in [-0.4, -0.2) is 29.6 Å². The lowest BCUT2D eigenvalue weighted by atomic mass is 9.93. The zero-order chi connectivity index (χ0) is 27.8. The van der Waals surface area contributed by atoms with Crippen LogP contribution in [0.1, 0.15) is 29.7 Å². The highest BCUT2D eigenvalue weighted by Gasteiger charge is 2.37. The molecule has 0 radical (unpaired) electrons. The molecule has 198 valence electrons. The molecular formula is C32H25N3O4S. The van der Waals surface area contributed by atoms with Gasteiger partial charge in [-0.15, -0.1) is 6.58 Å². The number of hydrogen-bond acceptors (Lipinski definition) is 6. The van der Waals surface area contributed by atoms with Crippen LogP contribution in [0.5, 0.6) is 0 Å². The number of rotatable bonds is 6. The number of nitrogens with zero attached hydrogens (tertiary/aromatic N) is 3. The van der Waals surface area contributed by atoms with Crippen LogP contribution >= 0.6 is 11.3 Å². The number of fused-ring (bicyclic) bond motifs is 2. The van der Waals surface area contributed by atoms with E-state index in [1.54, 1.807) is 17.9 Å². The van der Waals surface area contributed by atoms with E-state index in [-0.39, 0.29) is 28.2 Å². The molecule has 2 aliphatic rings. The Kier molecular flexibility index (Phi) is 6.61. The first-order valence-corrected chi connectivity index (χ1v) is 13.7. The zero-order valence-electron chi connectivity index (χ0n) is 21.7. The van der Waals surface area contributed by atoms with Crippen LogP contribution < -0.4 is 19.8 Å². The van der Waals surface area contributed by atoms with Crippen LogP contribution in [0.4, 0.5) is 5.69 Å². The number of esters is 1. The van der Waals surface area contributed by atoms with E-state index in [1.807, 2.05) is 84.9 Å². The van der Waals surface area contributed by atoms with Crippen LogP contribution in [0.25, 0.3) is 11.3 Å². The summed E-state index contributed by atoms with van der Waals surface area (Å²) in [6.07, 6.45) is 1.66. The van der Waals surface area contributed by atoms with Gasteiger partial charge >= 0.3 is 5.97 Å². The first kappa shape index (κ1) is 25.5. The Morgan fingerprint density at radius 3 is 2.38 bits per heavy atom. The van der Waals surface area contributed by atoms with E-state index in [1.165, 1.54) is 4.57 Å². The summed E-state index contributed by atoms with van der Waals surface area (Å²) in [5.74, 6) is -0.813. The molecule has 1 atom stereocenters. The Balaban J connectivity index is 1.71. The monoisotopic (exact) mass is 547 g/mol. The van der Waals surface area contributed by atoms with Gasteiger partial charge in [-0.2, -0.15) is 0 Å². The van der Waals surface area contributed by atoms with Crippen molar-refractivity contribution in [1.82, 2.24) is 4.57 Å². The number of anilines is 1. The number of aromatic nitrogens is 1. The van der Waals surface area contributed by atoms with Crippen LogP contribution in [0, 0.1) is 0 Å². The summed E-state index contributed by atoms with van der Waals surface area (Å²) in [6.45, 7) is 6.02. The molecule has 0 saturated carbocycles. The number of ether oxygens (including phenoxy) is 1. The average Bonchev–Trinajstić information content (AvgIpc) is 3.45. The summed E-state index contributed by atoms with van der Waals surface area (Å²) in [6, 6.07) is 25.4. The third-order valence-corrected chi connectivity index (χ3v) is 7.98. The van der Waals surface area contributed by atoms with Crippen molar-refractivity contribution >= 4 is 40.2 Å². The number of hydrogen-bond donors (Lipinski definition) is 0. The number of para-hydroxylation sites is 1. The molecule has 1 amide bonds. The Hall–Kier alpha value is -4.82. The van der Waals surface area contributed by atoms with Crippen molar-refractivity contribution < 1.29 is 14.3 Å². The summed E-state index contributed by atoms with van der Waals surface area (Å²) >= 11 is 1.16. The van der Waals surface area contributed by atoms with Crippen molar-refractivity contribution in [2.75, 3.05) is 18.1 Å². The van der Waals surface area contributed by atoms with E-state index in [0.717, 1.165) is 28.2 Å². The first-order valence-electron chi connectivity index (χ1n) is 12.9. The maximum atomic E-state index is 14.3. The molecule has 0 unspecified atom stereocenters. The fourth-order valence-corrected chi connectivity index (χ4v) is 6.34. The van der Waals surface area contributed by atoms with E-state index in [9.17, 15) is 14.4 Å². The Morgan fingerprint density at radius 2 is 1.68 bits per heavy atom. The highest BCUT2D eigenvalue weighted by Crippen LogP contribution is 2.37. The van der Waals surface area contributed by atoms with E-state index in [4.69, 9.17) is 9.73 Å². The van der Waals surface area contributed by atoms with Gasteiger partial charge in [0.15, 0.2) is 4.80 Å². The van der Waals surface area contributed by atoms with Gasteiger partial charge in [0.05, 0.1) is 35.2 Å². The second kappa shape index (κ2) is 10.4. The minimum Gasteiger partial charge on any atom is -0.463 e. The molecule has 0 spiro atoms. The Bertz CT molecular complexity index is 1870. The standard InChI is InChI=1S/C32H25N3O4S/c1-3-19-34-23-18-12-11-17-22(23)24(29(34)36)28-30(37)35-27(21-15-9-6-10-16-21)25(31(38)39-4-2)26(33-32(35)40-28)20-13-7-5-8-14-20/h3,5-18,27H,1,4,19H2,2H3/b28-24+/t27-/m0/s1. The maximum absolute atomic E-state index is 14.3. The lowest BCUT2D eigenvalue weighted by Crippen LogP contribution is -2.41. The second-order valence-electron chi connectivity index (χ2n) is 9.26. The fourth-order valence-electron chi connectivity index (χ4n) is 5.25. The third-order valence-electron chi connectivity index (χ3n) is 6.93. The van der Waals surface area contributed by atoms with Gasteiger partial charge < -0.3 is 9.64 Å². The molecule has 3 aromatic carbocycles. The molecule has 6 rings (SSSR count). The lowest BCUT2D eigenvalue weighted by molar-refractivity contribution is -0.138. The second-order valence-corrected chi connectivity index (χ2v) is 10.2. The number of amides is 1. The minimum absolute atomic E-state index is 0.172. The van der Waals surface area contributed by atoms with Gasteiger partial charge in [-0.05, 0) is 18.6 Å². The smallest absolute Gasteiger partial charge is 0.338 e. The van der Waals surface area contributed by atoms with Crippen LogP contribution in [0.15, 0.2) is 113 Å². The van der Waals surface area contributed by atoms with E-state index in [2.05, 4.69) is 6.58 Å². The highest BCUT2D eigenvalue weighted by atomic mass is 32.1. The quantitative estimate of drug-likeness (QED) is 0.271. The first-order chi connectivity index (χ1) is 19.5. The predicted octanol–water partition coefficient (Wildman–Crippen LogP) is 3.84.